The summed E-state index contributed by atoms with van der Waals surface area (Å²) in [6, 6.07) is 17.1. The molecule has 0 aliphatic carbocycles. The summed E-state index contributed by atoms with van der Waals surface area (Å²) in [6.45, 7) is 0.549. The number of nitrogens with one attached hydrogen (secondary N) is 2. The zero-order valence-electron chi connectivity index (χ0n) is 16.7. The van der Waals surface area contributed by atoms with Gasteiger partial charge in [-0.25, -0.2) is 0 Å². The van der Waals surface area contributed by atoms with Gasteiger partial charge in [0.05, 0.1) is 6.26 Å². The SMILES string of the molecule is O=C(COc1ccc(N2CCCC2=O)cc1)Nc1cccc(NC(=O)c2ccco2)c1. The minimum Gasteiger partial charge on any atom is -0.484 e. The quantitative estimate of drug-likeness (QED) is 0.608. The molecule has 0 radical (unpaired) electrons. The highest BCUT2D eigenvalue weighted by atomic mass is 16.5. The molecule has 3 aromatic rings. The first kappa shape index (κ1) is 20.2. The fraction of sp³-hybridized carbons (Fsp3) is 0.174. The smallest absolute Gasteiger partial charge is 0.291 e. The Balaban J connectivity index is 1.29. The summed E-state index contributed by atoms with van der Waals surface area (Å²) in [7, 11) is 0. The molecule has 0 bridgehead atoms. The Morgan fingerprint density at radius 2 is 1.77 bits per heavy atom. The van der Waals surface area contributed by atoms with Crippen LogP contribution in [0.5, 0.6) is 5.75 Å². The van der Waals surface area contributed by atoms with Crippen molar-refractivity contribution in [1.29, 1.82) is 0 Å². The molecule has 2 heterocycles. The van der Waals surface area contributed by atoms with Gasteiger partial charge in [-0.3, -0.25) is 14.4 Å². The van der Waals surface area contributed by atoms with E-state index in [0.717, 1.165) is 18.7 Å². The minimum absolute atomic E-state index is 0.121. The van der Waals surface area contributed by atoms with Crippen LogP contribution in [0.2, 0.25) is 0 Å². The maximum atomic E-state index is 12.2. The molecule has 4 rings (SSSR count). The van der Waals surface area contributed by atoms with E-state index in [1.54, 1.807) is 53.4 Å². The third-order valence-electron chi connectivity index (χ3n) is 4.74. The summed E-state index contributed by atoms with van der Waals surface area (Å²) >= 11 is 0. The summed E-state index contributed by atoms with van der Waals surface area (Å²) < 4.78 is 10.6. The van der Waals surface area contributed by atoms with E-state index in [9.17, 15) is 14.4 Å². The molecule has 2 N–H and O–H groups in total. The van der Waals surface area contributed by atoms with E-state index in [4.69, 9.17) is 9.15 Å². The monoisotopic (exact) mass is 419 g/mol. The zero-order valence-corrected chi connectivity index (χ0v) is 16.7. The zero-order chi connectivity index (χ0) is 21.6. The fourth-order valence-corrected chi connectivity index (χ4v) is 3.26. The van der Waals surface area contributed by atoms with Gasteiger partial charge in [0.2, 0.25) is 5.91 Å². The Kier molecular flexibility index (Phi) is 5.98. The number of ether oxygens (including phenoxy) is 1. The lowest BCUT2D eigenvalue weighted by Gasteiger charge is -2.16. The number of benzene rings is 2. The molecular formula is C23H21N3O5. The van der Waals surface area contributed by atoms with E-state index < -0.39 is 0 Å². The number of rotatable bonds is 7. The van der Waals surface area contributed by atoms with E-state index >= 15 is 0 Å². The Labute approximate surface area is 178 Å². The Morgan fingerprint density at radius 3 is 2.45 bits per heavy atom. The van der Waals surface area contributed by atoms with E-state index in [0.29, 0.717) is 23.5 Å². The highest BCUT2D eigenvalue weighted by Crippen LogP contribution is 2.24. The fourth-order valence-electron chi connectivity index (χ4n) is 3.26. The topological polar surface area (TPSA) is 101 Å². The van der Waals surface area contributed by atoms with Gasteiger partial charge in [-0.1, -0.05) is 6.07 Å². The number of nitrogens with zero attached hydrogens (tertiary/aromatic N) is 1. The van der Waals surface area contributed by atoms with E-state index in [1.165, 1.54) is 6.26 Å². The second kappa shape index (κ2) is 9.17. The van der Waals surface area contributed by atoms with Crippen molar-refractivity contribution in [3.05, 3.63) is 72.7 Å². The van der Waals surface area contributed by atoms with Crippen molar-refractivity contribution in [2.45, 2.75) is 12.8 Å². The first-order valence-electron chi connectivity index (χ1n) is 9.86. The number of carbonyl (C=O) groups excluding carboxylic acids is 3. The van der Waals surface area contributed by atoms with Crippen molar-refractivity contribution in [3.8, 4) is 5.75 Å². The van der Waals surface area contributed by atoms with Gasteiger partial charge in [0.1, 0.15) is 5.75 Å². The molecule has 0 spiro atoms. The summed E-state index contributed by atoms with van der Waals surface area (Å²) in [5.41, 5.74) is 1.87. The van der Waals surface area contributed by atoms with E-state index in [-0.39, 0.29) is 30.1 Å². The predicted molar refractivity (Wildman–Crippen MR) is 115 cm³/mol. The average molecular weight is 419 g/mol. The molecule has 158 valence electrons. The largest absolute Gasteiger partial charge is 0.484 e. The first-order valence-corrected chi connectivity index (χ1v) is 9.86. The van der Waals surface area contributed by atoms with Crippen molar-refractivity contribution in [2.75, 3.05) is 28.7 Å². The van der Waals surface area contributed by atoms with Crippen molar-refractivity contribution in [1.82, 2.24) is 0 Å². The molecule has 0 atom stereocenters. The van der Waals surface area contributed by atoms with Crippen LogP contribution in [-0.2, 0) is 9.59 Å². The van der Waals surface area contributed by atoms with Crippen molar-refractivity contribution < 1.29 is 23.5 Å². The molecule has 8 nitrogen and oxygen atoms in total. The second-order valence-electron chi connectivity index (χ2n) is 6.99. The molecule has 0 saturated carbocycles. The van der Waals surface area contributed by atoms with Gasteiger partial charge in [-0.05, 0) is 61.0 Å². The van der Waals surface area contributed by atoms with Gasteiger partial charge in [-0.15, -0.1) is 0 Å². The van der Waals surface area contributed by atoms with E-state index in [1.807, 2.05) is 12.1 Å². The summed E-state index contributed by atoms with van der Waals surface area (Å²) in [5, 5.41) is 5.44. The number of carbonyl (C=O) groups is 3. The lowest BCUT2D eigenvalue weighted by molar-refractivity contribution is -0.118. The van der Waals surface area contributed by atoms with Crippen molar-refractivity contribution >= 4 is 34.8 Å². The molecule has 1 saturated heterocycles. The van der Waals surface area contributed by atoms with Crippen LogP contribution in [0.25, 0.3) is 0 Å². The van der Waals surface area contributed by atoms with Gasteiger partial charge in [0.15, 0.2) is 12.4 Å². The van der Waals surface area contributed by atoms with Gasteiger partial charge < -0.3 is 24.7 Å². The molecule has 1 aliphatic rings. The molecule has 8 heteroatoms. The number of hydrogen-bond acceptors (Lipinski definition) is 5. The molecule has 1 fully saturated rings. The first-order chi connectivity index (χ1) is 15.1. The molecule has 1 aliphatic heterocycles. The lowest BCUT2D eigenvalue weighted by atomic mass is 10.2. The minimum atomic E-state index is -0.379. The van der Waals surface area contributed by atoms with Crippen LogP contribution in [-0.4, -0.2) is 30.9 Å². The Bertz CT molecular complexity index is 1080. The van der Waals surface area contributed by atoms with Gasteiger partial charge in [0, 0.05) is 30.0 Å². The van der Waals surface area contributed by atoms with Gasteiger partial charge in [0.25, 0.3) is 11.8 Å². The molecule has 2 aromatic carbocycles. The standard InChI is InChI=1S/C23H21N3O5/c27-21(15-31-19-10-8-18(9-11-19)26-12-2-7-22(26)28)24-16-4-1-5-17(14-16)25-23(29)20-6-3-13-30-20/h1,3-6,8-11,13-14H,2,7,12,15H2,(H,24,27)(H,25,29). The molecular weight excluding hydrogens is 398 g/mol. The summed E-state index contributed by atoms with van der Waals surface area (Å²) in [5.74, 6) is 0.132. The molecule has 1 aromatic heterocycles. The van der Waals surface area contributed by atoms with E-state index in [2.05, 4.69) is 10.6 Å². The van der Waals surface area contributed by atoms with Crippen LogP contribution in [0, 0.1) is 0 Å². The van der Waals surface area contributed by atoms with Crippen LogP contribution in [0.1, 0.15) is 23.4 Å². The Morgan fingerprint density at radius 1 is 1.00 bits per heavy atom. The van der Waals surface area contributed by atoms with Gasteiger partial charge in [-0.2, -0.15) is 0 Å². The second-order valence-corrected chi connectivity index (χ2v) is 6.99. The highest BCUT2D eigenvalue weighted by Gasteiger charge is 2.21. The normalized spacial score (nSPS) is 13.2. The van der Waals surface area contributed by atoms with Crippen LogP contribution in [0.15, 0.2) is 71.3 Å². The molecule has 0 unspecified atom stereocenters. The van der Waals surface area contributed by atoms with Crippen LogP contribution >= 0.6 is 0 Å². The lowest BCUT2D eigenvalue weighted by Crippen LogP contribution is -2.23. The number of anilines is 3. The third kappa shape index (κ3) is 5.11. The van der Waals surface area contributed by atoms with Crippen LogP contribution in [0.3, 0.4) is 0 Å². The number of hydrogen-bond donors (Lipinski definition) is 2. The van der Waals surface area contributed by atoms with Crippen molar-refractivity contribution in [3.63, 3.8) is 0 Å². The van der Waals surface area contributed by atoms with Crippen LogP contribution in [0.4, 0.5) is 17.1 Å². The van der Waals surface area contributed by atoms with Crippen molar-refractivity contribution in [2.24, 2.45) is 0 Å². The summed E-state index contributed by atoms with van der Waals surface area (Å²) in [4.78, 5) is 37.8. The highest BCUT2D eigenvalue weighted by molar-refractivity contribution is 6.02. The van der Waals surface area contributed by atoms with Crippen LogP contribution < -0.4 is 20.3 Å². The predicted octanol–water partition coefficient (Wildman–Crippen LogP) is 3.68. The third-order valence-corrected chi connectivity index (χ3v) is 4.74. The Hall–Kier alpha value is -4.07. The molecule has 3 amide bonds. The number of amides is 3. The number of furan rings is 1. The maximum Gasteiger partial charge on any atom is 0.291 e. The van der Waals surface area contributed by atoms with Gasteiger partial charge >= 0.3 is 0 Å². The summed E-state index contributed by atoms with van der Waals surface area (Å²) in [6.07, 6.45) is 2.86. The maximum absolute atomic E-state index is 12.2. The average Bonchev–Trinajstić information content (AvgIpc) is 3.45. The molecule has 31 heavy (non-hydrogen) atoms.